The molecule has 2 heteroatoms. The molecule has 0 atom stereocenters. The normalized spacial score (nSPS) is 17.8. The summed E-state index contributed by atoms with van der Waals surface area (Å²) in [6.07, 6.45) is 6.44. The average Bonchev–Trinajstić information content (AvgIpc) is 1.94. The minimum atomic E-state index is 0.0822. The third-order valence-electron chi connectivity index (χ3n) is 0.826. The molecule has 2 nitrogen and oxygen atoms in total. The second-order valence-corrected chi connectivity index (χ2v) is 1.48. The van der Waals surface area contributed by atoms with Crippen molar-refractivity contribution in [3.8, 4) is 0 Å². The first-order valence-electron chi connectivity index (χ1n) is 2.39. The maximum atomic E-state index is 10.5. The van der Waals surface area contributed by atoms with E-state index in [0.717, 1.165) is 0 Å². The smallest absolute Gasteiger partial charge is 0.162 e. The summed E-state index contributed by atoms with van der Waals surface area (Å²) in [7, 11) is 0. The van der Waals surface area contributed by atoms with Gasteiger partial charge in [0.05, 0.1) is 12.5 Å². The van der Waals surface area contributed by atoms with E-state index in [2.05, 4.69) is 4.74 Å². The Morgan fingerprint density at radius 1 is 1.50 bits per heavy atom. The van der Waals surface area contributed by atoms with E-state index in [1.165, 1.54) is 18.6 Å². The lowest BCUT2D eigenvalue weighted by atomic mass is 10.3. The minimum Gasteiger partial charge on any atom is -0.473 e. The van der Waals surface area contributed by atoms with Gasteiger partial charge in [0.25, 0.3) is 0 Å². The van der Waals surface area contributed by atoms with E-state index < -0.39 is 0 Å². The summed E-state index contributed by atoms with van der Waals surface area (Å²) in [6, 6.07) is 0. The number of allylic oxidation sites excluding steroid dienone is 2. The van der Waals surface area contributed by atoms with E-state index in [1.54, 1.807) is 6.08 Å². The number of carbonyl (C=O) groups is 1. The molecule has 0 amide bonds. The Labute approximate surface area is 47.5 Å². The van der Waals surface area contributed by atoms with Crippen molar-refractivity contribution in [2.24, 2.45) is 0 Å². The van der Waals surface area contributed by atoms with Gasteiger partial charge < -0.3 is 4.74 Å². The summed E-state index contributed by atoms with van der Waals surface area (Å²) in [5, 5.41) is 0. The van der Waals surface area contributed by atoms with Gasteiger partial charge in [0.15, 0.2) is 5.78 Å². The molecule has 0 unspecified atom stereocenters. The molecule has 0 aromatic rings. The lowest BCUT2D eigenvalue weighted by Gasteiger charge is -1.79. The highest BCUT2D eigenvalue weighted by Gasteiger charge is 1.93. The second-order valence-electron chi connectivity index (χ2n) is 1.48. The number of ketones is 1. The van der Waals surface area contributed by atoms with Crippen molar-refractivity contribution >= 4 is 5.78 Å². The first-order chi connectivity index (χ1) is 3.89. The van der Waals surface area contributed by atoms with Crippen LogP contribution in [-0.2, 0) is 9.53 Å². The standard InChI is InChI=1S/C6H6O2/c7-6-2-1-4-8-5-3-6/h1,3-5H,2H2. The van der Waals surface area contributed by atoms with Crippen LogP contribution in [0.3, 0.4) is 0 Å². The fourth-order valence-electron chi connectivity index (χ4n) is 0.448. The van der Waals surface area contributed by atoms with E-state index in [-0.39, 0.29) is 5.78 Å². The zero-order valence-corrected chi connectivity index (χ0v) is 4.33. The zero-order valence-electron chi connectivity index (χ0n) is 4.33. The van der Waals surface area contributed by atoms with Crippen LogP contribution in [0.5, 0.6) is 0 Å². The van der Waals surface area contributed by atoms with Gasteiger partial charge in [-0.2, -0.15) is 0 Å². The number of carbonyl (C=O) groups excluding carboxylic acids is 1. The van der Waals surface area contributed by atoms with Gasteiger partial charge in [0.2, 0.25) is 0 Å². The van der Waals surface area contributed by atoms with E-state index in [1.807, 2.05) is 0 Å². The monoisotopic (exact) mass is 110 g/mol. The summed E-state index contributed by atoms with van der Waals surface area (Å²) in [4.78, 5) is 10.5. The number of rotatable bonds is 0. The Kier molecular flexibility index (Phi) is 1.47. The molecule has 0 aromatic carbocycles. The molecule has 0 N–H and O–H groups in total. The molecule has 1 aliphatic heterocycles. The van der Waals surface area contributed by atoms with Crippen molar-refractivity contribution in [2.45, 2.75) is 6.42 Å². The molecule has 0 radical (unpaired) electrons. The molecule has 0 spiro atoms. The van der Waals surface area contributed by atoms with Crippen molar-refractivity contribution in [1.29, 1.82) is 0 Å². The van der Waals surface area contributed by atoms with Gasteiger partial charge in [0.1, 0.15) is 0 Å². The third-order valence-corrected chi connectivity index (χ3v) is 0.826. The van der Waals surface area contributed by atoms with E-state index in [0.29, 0.717) is 6.42 Å². The highest BCUT2D eigenvalue weighted by molar-refractivity contribution is 5.90. The van der Waals surface area contributed by atoms with Crippen LogP contribution in [0.4, 0.5) is 0 Å². The van der Waals surface area contributed by atoms with Gasteiger partial charge in [-0.25, -0.2) is 0 Å². The molecule has 1 aliphatic rings. The Morgan fingerprint density at radius 3 is 3.25 bits per heavy atom. The quantitative estimate of drug-likeness (QED) is 0.465. The molecular weight excluding hydrogens is 104 g/mol. The average molecular weight is 110 g/mol. The van der Waals surface area contributed by atoms with Crippen LogP contribution in [0.2, 0.25) is 0 Å². The van der Waals surface area contributed by atoms with E-state index >= 15 is 0 Å². The number of ether oxygens (including phenoxy) is 1. The van der Waals surface area contributed by atoms with Crippen molar-refractivity contribution in [1.82, 2.24) is 0 Å². The Bertz CT molecular complexity index is 145. The SMILES string of the molecule is O=C1C=COC=CC1. The largest absolute Gasteiger partial charge is 0.473 e. The fourth-order valence-corrected chi connectivity index (χ4v) is 0.448. The van der Waals surface area contributed by atoms with Crippen LogP contribution in [0.25, 0.3) is 0 Å². The fraction of sp³-hybridized carbons (Fsp3) is 0.167. The molecule has 0 bridgehead atoms. The number of hydrogen-bond donors (Lipinski definition) is 0. The molecule has 1 rings (SSSR count). The molecule has 0 saturated heterocycles. The summed E-state index contributed by atoms with van der Waals surface area (Å²) >= 11 is 0. The van der Waals surface area contributed by atoms with Gasteiger partial charge in [-0.1, -0.05) is 0 Å². The summed E-state index contributed by atoms with van der Waals surface area (Å²) in [6.45, 7) is 0. The Hall–Kier alpha value is -1.05. The summed E-state index contributed by atoms with van der Waals surface area (Å²) < 4.78 is 4.68. The second kappa shape index (κ2) is 2.31. The Morgan fingerprint density at radius 2 is 2.38 bits per heavy atom. The predicted octanol–water partition coefficient (Wildman–Crippen LogP) is 1.00. The van der Waals surface area contributed by atoms with Crippen molar-refractivity contribution in [2.75, 3.05) is 0 Å². The molecule has 42 valence electrons. The van der Waals surface area contributed by atoms with E-state index in [9.17, 15) is 4.79 Å². The first-order valence-corrected chi connectivity index (χ1v) is 2.39. The highest BCUT2D eigenvalue weighted by Crippen LogP contribution is 1.94. The van der Waals surface area contributed by atoms with Crippen molar-refractivity contribution in [3.05, 3.63) is 24.7 Å². The molecule has 0 fully saturated rings. The van der Waals surface area contributed by atoms with Crippen LogP contribution in [-0.4, -0.2) is 5.78 Å². The minimum absolute atomic E-state index is 0.0822. The molecule has 0 saturated carbocycles. The van der Waals surface area contributed by atoms with Gasteiger partial charge in [-0.15, -0.1) is 0 Å². The third kappa shape index (κ3) is 1.22. The molecule has 0 aromatic heterocycles. The van der Waals surface area contributed by atoms with Crippen LogP contribution >= 0.6 is 0 Å². The van der Waals surface area contributed by atoms with Gasteiger partial charge in [-0.05, 0) is 6.08 Å². The van der Waals surface area contributed by atoms with Crippen LogP contribution in [0.1, 0.15) is 6.42 Å². The maximum absolute atomic E-state index is 10.5. The summed E-state index contributed by atoms with van der Waals surface area (Å²) in [5.74, 6) is 0.0822. The first kappa shape index (κ1) is 5.09. The number of hydrogen-bond acceptors (Lipinski definition) is 2. The summed E-state index contributed by atoms with van der Waals surface area (Å²) in [5.41, 5.74) is 0. The molecule has 0 aliphatic carbocycles. The van der Waals surface area contributed by atoms with Gasteiger partial charge in [-0.3, -0.25) is 4.79 Å². The van der Waals surface area contributed by atoms with Crippen LogP contribution < -0.4 is 0 Å². The zero-order chi connectivity index (χ0) is 5.82. The maximum Gasteiger partial charge on any atom is 0.162 e. The highest BCUT2D eigenvalue weighted by atomic mass is 16.5. The molecular formula is C6H6O2. The Balaban J connectivity index is 2.61. The topological polar surface area (TPSA) is 26.3 Å². The predicted molar refractivity (Wildman–Crippen MR) is 29.0 cm³/mol. The molecule has 8 heavy (non-hydrogen) atoms. The van der Waals surface area contributed by atoms with Crippen LogP contribution in [0.15, 0.2) is 24.7 Å². The lowest BCUT2D eigenvalue weighted by molar-refractivity contribution is -0.113. The van der Waals surface area contributed by atoms with Gasteiger partial charge in [0, 0.05) is 12.5 Å². The van der Waals surface area contributed by atoms with Crippen LogP contribution in [0, 0.1) is 0 Å². The van der Waals surface area contributed by atoms with E-state index in [4.69, 9.17) is 0 Å². The van der Waals surface area contributed by atoms with Crippen molar-refractivity contribution in [3.63, 3.8) is 0 Å². The van der Waals surface area contributed by atoms with Crippen molar-refractivity contribution < 1.29 is 9.53 Å². The molecule has 1 heterocycles. The lowest BCUT2D eigenvalue weighted by Crippen LogP contribution is -1.85. The van der Waals surface area contributed by atoms with Gasteiger partial charge >= 0.3 is 0 Å².